The molecule has 0 saturated heterocycles. The Morgan fingerprint density at radius 3 is 1.51 bits per heavy atom. The molecule has 4 aromatic carbocycles. The fourth-order valence-corrected chi connectivity index (χ4v) is 20.9. The van der Waals surface area contributed by atoms with Crippen LogP contribution < -0.4 is 0 Å². The van der Waals surface area contributed by atoms with E-state index in [0.29, 0.717) is 9.54 Å². The molecule has 4 saturated carbocycles. The molecule has 0 aliphatic heterocycles. The molecule has 4 fully saturated rings. The first-order valence-corrected chi connectivity index (χ1v) is 23.9. The summed E-state index contributed by atoms with van der Waals surface area (Å²) in [5.74, 6) is 5.10. The van der Waals surface area contributed by atoms with Crippen molar-refractivity contribution in [2.45, 2.75) is 95.0 Å². The Morgan fingerprint density at radius 2 is 1.06 bits per heavy atom. The quantitative estimate of drug-likeness (QED) is 0.191. The van der Waals surface area contributed by atoms with Crippen LogP contribution in [-0.2, 0) is 32.1 Å². The van der Waals surface area contributed by atoms with Gasteiger partial charge in [-0.2, -0.15) is 0 Å². The minimum atomic E-state index is -2.90. The van der Waals surface area contributed by atoms with Gasteiger partial charge in [-0.25, -0.2) is 0 Å². The van der Waals surface area contributed by atoms with Gasteiger partial charge in [0.15, 0.2) is 0 Å². The van der Waals surface area contributed by atoms with Crippen molar-refractivity contribution >= 4 is 3.21 Å². The molecular formula is C50H56Zr. The molecule has 0 amide bonds. The molecule has 1 unspecified atom stereocenters. The van der Waals surface area contributed by atoms with E-state index in [-0.39, 0.29) is 10.8 Å². The summed E-state index contributed by atoms with van der Waals surface area (Å²) in [7, 11) is 0. The first kappa shape index (κ1) is 33.9. The summed E-state index contributed by atoms with van der Waals surface area (Å²) in [5.41, 5.74) is 13.8. The molecule has 0 nitrogen and oxygen atoms in total. The standard InChI is InChI=1S/C21H25.C16H21.C13H10.Zr/c1-20(2,3)16-7-9-18-14(12-16)11-15-13-17(21(4,5)6)8-10-19(15)18;1-10-2-3-13(4-10)16-14-6-11-5-12(8-14)9-15(16)7-11;1-3-7-12(8-4-1)11-13-9-5-2-6-10-13;/h7-13H,1-6H3;3-4,10-12,14-16H,5-9H2,1H3;1-10H;. The molecule has 0 aromatic heterocycles. The van der Waals surface area contributed by atoms with Gasteiger partial charge in [-0.3, -0.25) is 0 Å². The van der Waals surface area contributed by atoms with Crippen LogP contribution in [0.2, 0.25) is 0 Å². The second-order valence-electron chi connectivity index (χ2n) is 19.1. The van der Waals surface area contributed by atoms with Crippen LogP contribution in [0.4, 0.5) is 0 Å². The maximum atomic E-state index is 2.86. The third-order valence-corrected chi connectivity index (χ3v) is 22.3. The number of rotatable bonds is 5. The van der Waals surface area contributed by atoms with Crippen LogP contribution in [0.5, 0.6) is 0 Å². The van der Waals surface area contributed by atoms with Crippen LogP contribution in [-0.4, -0.2) is 3.21 Å². The van der Waals surface area contributed by atoms with E-state index in [9.17, 15) is 0 Å². The zero-order chi connectivity index (χ0) is 35.2. The fraction of sp³-hybridized carbons (Fsp3) is 0.420. The van der Waals surface area contributed by atoms with Crippen molar-refractivity contribution in [3.8, 4) is 11.1 Å². The van der Waals surface area contributed by atoms with E-state index in [0.717, 1.165) is 29.6 Å². The zero-order valence-electron chi connectivity index (χ0n) is 32.0. The Balaban J connectivity index is 1.33. The van der Waals surface area contributed by atoms with E-state index in [1.165, 1.54) is 65.5 Å². The van der Waals surface area contributed by atoms with Gasteiger partial charge in [0.25, 0.3) is 0 Å². The van der Waals surface area contributed by atoms with E-state index < -0.39 is 21.3 Å². The van der Waals surface area contributed by atoms with Crippen molar-refractivity contribution in [2.75, 3.05) is 0 Å². The van der Waals surface area contributed by atoms with Gasteiger partial charge < -0.3 is 0 Å². The van der Waals surface area contributed by atoms with Gasteiger partial charge >= 0.3 is 318 Å². The van der Waals surface area contributed by atoms with Crippen LogP contribution in [0.1, 0.15) is 118 Å². The number of hydrogen-bond acceptors (Lipinski definition) is 0. The second kappa shape index (κ2) is 12.6. The molecule has 10 rings (SSSR count). The first-order chi connectivity index (χ1) is 24.4. The maximum absolute atomic E-state index is 2.90. The summed E-state index contributed by atoms with van der Waals surface area (Å²) >= 11 is -2.90. The summed E-state index contributed by atoms with van der Waals surface area (Å²) in [4.78, 5) is 0. The van der Waals surface area contributed by atoms with Gasteiger partial charge in [0.1, 0.15) is 0 Å². The van der Waals surface area contributed by atoms with Crippen LogP contribution in [0, 0.1) is 35.5 Å². The van der Waals surface area contributed by atoms with E-state index >= 15 is 0 Å². The van der Waals surface area contributed by atoms with Crippen molar-refractivity contribution in [2.24, 2.45) is 35.5 Å². The Kier molecular flexibility index (Phi) is 8.39. The average molecular weight is 748 g/mol. The molecule has 1 heteroatoms. The van der Waals surface area contributed by atoms with Crippen LogP contribution in [0.3, 0.4) is 0 Å². The summed E-state index contributed by atoms with van der Waals surface area (Å²) in [6.45, 7) is 16.9. The third-order valence-electron chi connectivity index (χ3n) is 13.6. The molecule has 6 aliphatic carbocycles. The Morgan fingerprint density at radius 1 is 0.588 bits per heavy atom. The molecule has 0 radical (unpaired) electrons. The van der Waals surface area contributed by atoms with Gasteiger partial charge in [0.2, 0.25) is 0 Å². The number of hydrogen-bond donors (Lipinski definition) is 0. The van der Waals surface area contributed by atoms with Crippen LogP contribution in [0.25, 0.3) is 11.1 Å². The molecule has 260 valence electrons. The van der Waals surface area contributed by atoms with E-state index in [4.69, 9.17) is 0 Å². The fourth-order valence-electron chi connectivity index (χ4n) is 11.4. The number of allylic oxidation sites excluding steroid dienone is 4. The van der Waals surface area contributed by atoms with Crippen molar-refractivity contribution < 1.29 is 21.3 Å². The Labute approximate surface area is 315 Å². The van der Waals surface area contributed by atoms with Gasteiger partial charge in [-0.05, 0) is 0 Å². The summed E-state index contributed by atoms with van der Waals surface area (Å²) in [6, 6.07) is 38.3. The topological polar surface area (TPSA) is 0 Å². The zero-order valence-corrected chi connectivity index (χ0v) is 34.4. The van der Waals surface area contributed by atoms with Crippen LogP contribution >= 0.6 is 0 Å². The number of benzene rings is 4. The molecule has 4 aromatic rings. The SMILES string of the molecule is CC1C=C(C2C3CC4CC(C3)CC2C4)C=[C]1[Zr](=[C](c1ccccc1)c1ccccc1)[CH]1c2cc(C(C)(C)C)ccc2-c2ccc(C(C)(C)C)cc21. The summed E-state index contributed by atoms with van der Waals surface area (Å²) in [5, 5.41) is 0. The molecule has 4 bridgehead atoms. The molecule has 1 atom stereocenters. The number of fused-ring (bicyclic) bond motifs is 3. The van der Waals surface area contributed by atoms with Crippen molar-refractivity contribution in [3.63, 3.8) is 0 Å². The van der Waals surface area contributed by atoms with Crippen molar-refractivity contribution in [1.82, 2.24) is 0 Å². The second-order valence-corrected chi connectivity index (χ2v) is 25.2. The van der Waals surface area contributed by atoms with Crippen molar-refractivity contribution in [1.29, 1.82) is 0 Å². The molecular weight excluding hydrogens is 692 g/mol. The van der Waals surface area contributed by atoms with E-state index in [1.807, 2.05) is 3.28 Å². The third kappa shape index (κ3) is 5.93. The molecule has 0 spiro atoms. The molecule has 51 heavy (non-hydrogen) atoms. The average Bonchev–Trinajstić information content (AvgIpc) is 3.63. The van der Waals surface area contributed by atoms with E-state index in [1.54, 1.807) is 19.9 Å². The summed E-state index contributed by atoms with van der Waals surface area (Å²) < 4.78 is 3.90. The van der Waals surface area contributed by atoms with Crippen LogP contribution in [0.15, 0.2) is 118 Å². The van der Waals surface area contributed by atoms with Gasteiger partial charge in [-0.1, -0.05) is 0 Å². The Hall–Kier alpha value is -2.89. The van der Waals surface area contributed by atoms with E-state index in [2.05, 4.69) is 158 Å². The normalized spacial score (nSPS) is 26.5. The minimum absolute atomic E-state index is 0.0912. The van der Waals surface area contributed by atoms with Gasteiger partial charge in [-0.15, -0.1) is 0 Å². The molecule has 0 heterocycles. The first-order valence-electron chi connectivity index (χ1n) is 20.0. The predicted molar refractivity (Wildman–Crippen MR) is 213 cm³/mol. The van der Waals surface area contributed by atoms with Crippen molar-refractivity contribution in [3.05, 3.63) is 151 Å². The molecule has 6 aliphatic rings. The monoisotopic (exact) mass is 746 g/mol. The predicted octanol–water partition coefficient (Wildman–Crippen LogP) is 12.8. The van der Waals surface area contributed by atoms with Gasteiger partial charge in [0.05, 0.1) is 0 Å². The van der Waals surface area contributed by atoms with Gasteiger partial charge in [0, 0.05) is 0 Å². The Bertz CT molecular complexity index is 1940. The molecule has 0 N–H and O–H groups in total. The summed E-state index contributed by atoms with van der Waals surface area (Å²) in [6.07, 6.45) is 13.1.